The lowest BCUT2D eigenvalue weighted by atomic mass is 10.1. The number of fused-ring (bicyclic) bond motifs is 1. The summed E-state index contributed by atoms with van der Waals surface area (Å²) in [5.74, 6) is 5.83. The number of hydrogen-bond donors (Lipinski definition) is 2. The summed E-state index contributed by atoms with van der Waals surface area (Å²) < 4.78 is 13.4. The Bertz CT molecular complexity index is 1130. The smallest absolute Gasteiger partial charge is 0.265 e. The Kier molecular flexibility index (Phi) is 5.73. The number of nitrogen functional groups attached to an aromatic ring is 1. The molecule has 0 bridgehead atoms. The van der Waals surface area contributed by atoms with Gasteiger partial charge in [0, 0.05) is 30.9 Å². The molecule has 10 heteroatoms. The van der Waals surface area contributed by atoms with Crippen molar-refractivity contribution in [2.45, 2.75) is 38.5 Å². The van der Waals surface area contributed by atoms with Crippen LogP contribution in [0.15, 0.2) is 30.6 Å². The minimum absolute atomic E-state index is 0.128. The van der Waals surface area contributed by atoms with E-state index >= 15 is 0 Å². The molecule has 2 unspecified atom stereocenters. The highest BCUT2D eigenvalue weighted by atomic mass is 16.5. The second-order valence-corrected chi connectivity index (χ2v) is 8.16. The van der Waals surface area contributed by atoms with Crippen LogP contribution in [0.4, 0.5) is 5.82 Å². The Balaban J connectivity index is 1.69. The van der Waals surface area contributed by atoms with Crippen molar-refractivity contribution in [2.75, 3.05) is 31.3 Å². The summed E-state index contributed by atoms with van der Waals surface area (Å²) >= 11 is 0. The first kappa shape index (κ1) is 20.8. The number of nitrogens with one attached hydrogen (secondary N) is 1. The second-order valence-electron chi connectivity index (χ2n) is 8.16. The topological polar surface area (TPSA) is 120 Å². The number of carbonyl (C=O) groups is 1. The summed E-state index contributed by atoms with van der Waals surface area (Å²) in [6.07, 6.45) is 6.33. The van der Waals surface area contributed by atoms with E-state index in [0.717, 1.165) is 25.0 Å². The molecule has 2 fully saturated rings. The van der Waals surface area contributed by atoms with Crippen LogP contribution in [0.3, 0.4) is 0 Å². The van der Waals surface area contributed by atoms with Gasteiger partial charge in [-0.05, 0) is 44.4 Å². The van der Waals surface area contributed by atoms with Crippen molar-refractivity contribution < 1.29 is 14.3 Å². The third-order valence-electron chi connectivity index (χ3n) is 6.09. The van der Waals surface area contributed by atoms with E-state index < -0.39 is 0 Å². The van der Waals surface area contributed by atoms with Gasteiger partial charge in [0.2, 0.25) is 0 Å². The van der Waals surface area contributed by atoms with Gasteiger partial charge in [0.05, 0.1) is 30.5 Å². The number of nitrogens with two attached hydrogens (primary N) is 1. The van der Waals surface area contributed by atoms with Crippen LogP contribution >= 0.6 is 0 Å². The zero-order valence-electron chi connectivity index (χ0n) is 18.0. The Morgan fingerprint density at radius 3 is 2.94 bits per heavy atom. The number of aromatic nitrogens is 4. The molecule has 2 aliphatic heterocycles. The quantitative estimate of drug-likeness (QED) is 0.361. The number of anilines is 1. The van der Waals surface area contributed by atoms with Crippen LogP contribution in [0.1, 0.15) is 42.8 Å². The van der Waals surface area contributed by atoms with Crippen molar-refractivity contribution in [3.63, 3.8) is 0 Å². The maximum absolute atomic E-state index is 12.7. The van der Waals surface area contributed by atoms with E-state index in [1.165, 1.54) is 0 Å². The summed E-state index contributed by atoms with van der Waals surface area (Å²) in [6, 6.07) is 5.62. The van der Waals surface area contributed by atoms with Gasteiger partial charge in [0.1, 0.15) is 17.0 Å². The average molecular weight is 438 g/mol. The Hall–Kier alpha value is -3.08. The normalized spacial score (nSPS) is 21.6. The van der Waals surface area contributed by atoms with Crippen LogP contribution in [0.5, 0.6) is 0 Å². The van der Waals surface area contributed by atoms with Gasteiger partial charge >= 0.3 is 0 Å². The third-order valence-corrected chi connectivity index (χ3v) is 6.09. The molecule has 3 aromatic heterocycles. The zero-order chi connectivity index (χ0) is 22.1. The Morgan fingerprint density at radius 1 is 1.25 bits per heavy atom. The summed E-state index contributed by atoms with van der Waals surface area (Å²) in [5.41, 5.74) is 4.80. The van der Waals surface area contributed by atoms with Crippen LogP contribution in [-0.2, 0) is 9.47 Å². The predicted octanol–water partition coefficient (Wildman–Crippen LogP) is 2.02. The number of amides is 1. The minimum atomic E-state index is -0.374. The van der Waals surface area contributed by atoms with E-state index in [1.54, 1.807) is 24.5 Å². The van der Waals surface area contributed by atoms with Gasteiger partial charge in [-0.25, -0.2) is 15.5 Å². The van der Waals surface area contributed by atoms with E-state index in [4.69, 9.17) is 20.3 Å². The molecule has 0 aliphatic carbocycles. The number of nitrogens with zero attached hydrogens (tertiary/aromatic N) is 5. The Morgan fingerprint density at radius 2 is 2.16 bits per heavy atom. The highest BCUT2D eigenvalue weighted by Gasteiger charge is 2.26. The fourth-order valence-corrected chi connectivity index (χ4v) is 4.45. The van der Waals surface area contributed by atoms with Gasteiger partial charge in [-0.3, -0.25) is 15.2 Å². The Labute approximate surface area is 185 Å². The van der Waals surface area contributed by atoms with E-state index in [9.17, 15) is 4.79 Å². The second kappa shape index (κ2) is 8.81. The zero-order valence-corrected chi connectivity index (χ0v) is 18.0. The molecule has 2 aliphatic rings. The molecule has 0 aromatic carbocycles. The molecule has 10 nitrogen and oxygen atoms in total. The summed E-state index contributed by atoms with van der Waals surface area (Å²) in [6.45, 7) is 4.68. The van der Waals surface area contributed by atoms with Gasteiger partial charge in [-0.2, -0.15) is 5.10 Å². The lowest BCUT2D eigenvalue weighted by Crippen LogP contribution is -2.44. The number of hydrazine groups is 1. The molecule has 2 atom stereocenters. The number of ether oxygens (including phenoxy) is 2. The molecule has 3 aromatic rings. The minimum Gasteiger partial charge on any atom is -0.377 e. The lowest BCUT2D eigenvalue weighted by Gasteiger charge is -2.34. The summed E-state index contributed by atoms with van der Waals surface area (Å²) in [7, 11) is 0. The van der Waals surface area contributed by atoms with Crippen molar-refractivity contribution >= 4 is 22.6 Å². The maximum atomic E-state index is 12.7. The van der Waals surface area contributed by atoms with Gasteiger partial charge in [0.25, 0.3) is 5.91 Å². The van der Waals surface area contributed by atoms with E-state index in [2.05, 4.69) is 27.3 Å². The van der Waals surface area contributed by atoms with Gasteiger partial charge in [-0.1, -0.05) is 0 Å². The van der Waals surface area contributed by atoms with Crippen LogP contribution in [0.25, 0.3) is 22.3 Å². The van der Waals surface area contributed by atoms with Crippen molar-refractivity contribution in [1.29, 1.82) is 0 Å². The average Bonchev–Trinajstić information content (AvgIpc) is 3.33. The molecule has 32 heavy (non-hydrogen) atoms. The standard InChI is InChI=1S/C22H27N7O3/c1-14-13-31-11-9-28(14)18-12-16(22(30)27-23)15-5-7-24-21(20(15)26-18)17-6-8-25-29(17)19-4-2-3-10-32-19/h5-8,12,14,19H,2-4,9-11,13,23H2,1H3,(H,27,30). The van der Waals surface area contributed by atoms with Gasteiger partial charge in [0.15, 0.2) is 6.23 Å². The van der Waals surface area contributed by atoms with Crippen molar-refractivity contribution in [1.82, 2.24) is 25.2 Å². The van der Waals surface area contributed by atoms with Crippen LogP contribution in [0.2, 0.25) is 0 Å². The highest BCUT2D eigenvalue weighted by molar-refractivity contribution is 6.09. The fraction of sp³-hybridized carbons (Fsp3) is 0.455. The number of carbonyl (C=O) groups excluding carboxylic acids is 1. The van der Waals surface area contributed by atoms with Crippen LogP contribution < -0.4 is 16.2 Å². The fourth-order valence-electron chi connectivity index (χ4n) is 4.45. The van der Waals surface area contributed by atoms with Crippen molar-refractivity contribution in [3.8, 4) is 11.4 Å². The van der Waals surface area contributed by atoms with E-state index in [1.807, 2.05) is 10.7 Å². The molecule has 5 heterocycles. The van der Waals surface area contributed by atoms with Gasteiger partial charge < -0.3 is 14.4 Å². The first-order chi connectivity index (χ1) is 15.7. The van der Waals surface area contributed by atoms with Crippen molar-refractivity contribution in [3.05, 3.63) is 36.2 Å². The molecular weight excluding hydrogens is 410 g/mol. The molecule has 168 valence electrons. The SMILES string of the molecule is CC1COCCN1c1cc(C(=O)NN)c2ccnc(-c3ccnn3C3CCCCO3)c2n1. The maximum Gasteiger partial charge on any atom is 0.265 e. The summed E-state index contributed by atoms with van der Waals surface area (Å²) in [4.78, 5) is 24.5. The number of hydrogen-bond acceptors (Lipinski definition) is 8. The molecule has 0 saturated carbocycles. The molecule has 0 spiro atoms. The molecule has 1 amide bonds. The summed E-state index contributed by atoms with van der Waals surface area (Å²) in [5, 5.41) is 5.20. The predicted molar refractivity (Wildman–Crippen MR) is 119 cm³/mol. The first-order valence-corrected chi connectivity index (χ1v) is 11.0. The molecule has 2 saturated heterocycles. The number of pyridine rings is 2. The molecule has 0 radical (unpaired) electrons. The number of morpholine rings is 1. The van der Waals surface area contributed by atoms with Gasteiger partial charge in [-0.15, -0.1) is 0 Å². The monoisotopic (exact) mass is 437 g/mol. The van der Waals surface area contributed by atoms with E-state index in [-0.39, 0.29) is 18.2 Å². The first-order valence-electron chi connectivity index (χ1n) is 11.0. The molecular formula is C22H27N7O3. The van der Waals surface area contributed by atoms with E-state index in [0.29, 0.717) is 54.3 Å². The lowest BCUT2D eigenvalue weighted by molar-refractivity contribution is -0.0383. The molecule has 3 N–H and O–H groups in total. The third kappa shape index (κ3) is 3.70. The van der Waals surface area contributed by atoms with Crippen LogP contribution in [0, 0.1) is 0 Å². The highest BCUT2D eigenvalue weighted by Crippen LogP contribution is 2.33. The molecule has 5 rings (SSSR count). The largest absolute Gasteiger partial charge is 0.377 e. The number of rotatable bonds is 4. The van der Waals surface area contributed by atoms with Crippen LogP contribution in [-0.4, -0.2) is 58.1 Å². The van der Waals surface area contributed by atoms with Crippen molar-refractivity contribution in [2.24, 2.45) is 5.84 Å².